The number of amides is 2. The second kappa shape index (κ2) is 7.03. The van der Waals surface area contributed by atoms with E-state index in [2.05, 4.69) is 10.3 Å². The van der Waals surface area contributed by atoms with Crippen LogP contribution in [0, 0.1) is 6.92 Å². The second-order valence-corrected chi connectivity index (χ2v) is 7.34. The zero-order valence-corrected chi connectivity index (χ0v) is 15.9. The molecule has 1 saturated heterocycles. The number of para-hydroxylation sites is 2. The van der Waals surface area contributed by atoms with Crippen LogP contribution in [-0.4, -0.2) is 30.1 Å². The molecule has 0 saturated carbocycles. The van der Waals surface area contributed by atoms with Gasteiger partial charge in [0.05, 0.1) is 22.8 Å². The fraction of sp³-hybridized carbons (Fsp3) is 0.211. The molecule has 1 aliphatic rings. The molecule has 3 heterocycles. The molecule has 1 aromatic carbocycles. The van der Waals surface area contributed by atoms with Gasteiger partial charge in [0.1, 0.15) is 17.1 Å². The summed E-state index contributed by atoms with van der Waals surface area (Å²) in [6.07, 6.45) is -5.06. The molecule has 0 atom stereocenters. The molecule has 0 aliphatic carbocycles. The Morgan fingerprint density at radius 3 is 2.69 bits per heavy atom. The summed E-state index contributed by atoms with van der Waals surface area (Å²) < 4.78 is 43.7. The van der Waals surface area contributed by atoms with Crippen LogP contribution in [0.5, 0.6) is 0 Å². The summed E-state index contributed by atoms with van der Waals surface area (Å²) in [5.74, 6) is -0.487. The van der Waals surface area contributed by atoms with Crippen molar-refractivity contribution in [2.75, 3.05) is 23.4 Å². The minimum Gasteiger partial charge on any atom is -0.447 e. The van der Waals surface area contributed by atoms with E-state index in [1.807, 2.05) is 0 Å². The van der Waals surface area contributed by atoms with Gasteiger partial charge in [-0.15, -0.1) is 11.3 Å². The Bertz CT molecular complexity index is 1130. The predicted molar refractivity (Wildman–Crippen MR) is 102 cm³/mol. The first-order chi connectivity index (χ1) is 13.8. The number of anilines is 2. The highest BCUT2D eigenvalue weighted by Crippen LogP contribution is 2.35. The largest absolute Gasteiger partial charge is 0.447 e. The smallest absolute Gasteiger partial charge is 0.433 e. The molecule has 0 bridgehead atoms. The van der Waals surface area contributed by atoms with E-state index < -0.39 is 23.9 Å². The lowest BCUT2D eigenvalue weighted by Crippen LogP contribution is -2.25. The van der Waals surface area contributed by atoms with Gasteiger partial charge in [0.25, 0.3) is 5.91 Å². The van der Waals surface area contributed by atoms with Crippen molar-refractivity contribution in [2.24, 2.45) is 0 Å². The van der Waals surface area contributed by atoms with E-state index in [1.54, 1.807) is 31.2 Å². The number of carbonyl (C=O) groups is 2. The molecule has 0 unspecified atom stereocenters. The molecule has 4 rings (SSSR count). The lowest BCUT2D eigenvalue weighted by molar-refractivity contribution is -0.140. The molecule has 29 heavy (non-hydrogen) atoms. The number of aryl methyl sites for hydroxylation is 1. The van der Waals surface area contributed by atoms with E-state index in [-0.39, 0.29) is 16.3 Å². The third-order valence-electron chi connectivity index (χ3n) is 4.50. The maximum Gasteiger partial charge on any atom is 0.433 e. The van der Waals surface area contributed by atoms with Gasteiger partial charge in [0.15, 0.2) is 0 Å². The van der Waals surface area contributed by atoms with E-state index in [0.29, 0.717) is 28.9 Å². The molecule has 1 N–H and O–H groups in total. The highest BCUT2D eigenvalue weighted by Gasteiger charge is 2.33. The number of hydrogen-bond donors (Lipinski definition) is 1. The molecule has 3 aromatic rings. The monoisotopic (exact) mass is 421 g/mol. The maximum atomic E-state index is 12.9. The Kier molecular flexibility index (Phi) is 4.65. The molecule has 2 aromatic heterocycles. The number of fused-ring (bicyclic) bond motifs is 1. The van der Waals surface area contributed by atoms with Crippen LogP contribution in [-0.2, 0) is 10.9 Å². The fourth-order valence-corrected chi connectivity index (χ4v) is 4.15. The number of cyclic esters (lactones) is 1. The Morgan fingerprint density at radius 2 is 2.00 bits per heavy atom. The summed E-state index contributed by atoms with van der Waals surface area (Å²) in [6.45, 7) is 2.27. The van der Waals surface area contributed by atoms with Crippen LogP contribution in [0.3, 0.4) is 0 Å². The minimum absolute atomic E-state index is 0.138. The number of thiophene rings is 1. The Hall–Kier alpha value is -3.14. The summed E-state index contributed by atoms with van der Waals surface area (Å²) in [5, 5.41) is 3.23. The van der Waals surface area contributed by atoms with Crippen molar-refractivity contribution in [2.45, 2.75) is 13.1 Å². The van der Waals surface area contributed by atoms with Crippen molar-refractivity contribution in [3.63, 3.8) is 0 Å². The standard InChI is InChI=1S/C19H14F3N3O3S/c1-10-11-6-7-14(19(20,21)22)24-17(11)29-15(10)16(26)23-12-4-2-3-5-13(12)25-8-9-28-18(25)27/h2-7H,8-9H2,1H3,(H,23,26). The summed E-state index contributed by atoms with van der Waals surface area (Å²) in [6, 6.07) is 8.97. The molecule has 150 valence electrons. The molecule has 6 nitrogen and oxygen atoms in total. The van der Waals surface area contributed by atoms with Crippen LogP contribution in [0.4, 0.5) is 29.3 Å². The van der Waals surface area contributed by atoms with Gasteiger partial charge in [-0.1, -0.05) is 12.1 Å². The number of pyridine rings is 1. The fourth-order valence-electron chi connectivity index (χ4n) is 3.08. The van der Waals surface area contributed by atoms with Gasteiger partial charge in [0, 0.05) is 5.39 Å². The average Bonchev–Trinajstić information content (AvgIpc) is 3.24. The van der Waals surface area contributed by atoms with Gasteiger partial charge in [-0.05, 0) is 36.8 Å². The first-order valence-electron chi connectivity index (χ1n) is 8.57. The number of aromatic nitrogens is 1. The number of alkyl halides is 3. The number of benzene rings is 1. The normalized spacial score (nSPS) is 14.3. The number of rotatable bonds is 3. The first kappa shape index (κ1) is 19.2. The predicted octanol–water partition coefficient (Wildman–Crippen LogP) is 4.83. The highest BCUT2D eigenvalue weighted by molar-refractivity contribution is 7.20. The molecule has 1 fully saturated rings. The maximum absolute atomic E-state index is 12.9. The van der Waals surface area contributed by atoms with Crippen molar-refractivity contribution >= 4 is 44.9 Å². The van der Waals surface area contributed by atoms with E-state index in [1.165, 1.54) is 11.0 Å². The SMILES string of the molecule is Cc1c(C(=O)Nc2ccccc2N2CCOC2=O)sc2nc(C(F)(F)F)ccc12. The van der Waals surface area contributed by atoms with Crippen molar-refractivity contribution in [3.05, 3.63) is 52.5 Å². The Balaban J connectivity index is 1.67. The first-order valence-corrected chi connectivity index (χ1v) is 9.39. The lowest BCUT2D eigenvalue weighted by Gasteiger charge is -2.17. The van der Waals surface area contributed by atoms with Gasteiger partial charge < -0.3 is 10.1 Å². The summed E-state index contributed by atoms with van der Waals surface area (Å²) in [5.41, 5.74) is 0.426. The number of nitrogens with zero attached hydrogens (tertiary/aromatic N) is 2. The molecular weight excluding hydrogens is 407 g/mol. The van der Waals surface area contributed by atoms with Gasteiger partial charge in [-0.3, -0.25) is 9.69 Å². The highest BCUT2D eigenvalue weighted by atomic mass is 32.1. The average molecular weight is 421 g/mol. The van der Waals surface area contributed by atoms with Gasteiger partial charge in [-0.2, -0.15) is 13.2 Å². The van der Waals surface area contributed by atoms with E-state index >= 15 is 0 Å². The van der Waals surface area contributed by atoms with Gasteiger partial charge in [-0.25, -0.2) is 9.78 Å². The van der Waals surface area contributed by atoms with E-state index in [4.69, 9.17) is 4.74 Å². The van der Waals surface area contributed by atoms with Gasteiger partial charge in [0.2, 0.25) is 0 Å². The minimum atomic E-state index is -4.56. The summed E-state index contributed by atoms with van der Waals surface area (Å²) in [4.78, 5) is 30.2. The van der Waals surface area contributed by atoms with Gasteiger partial charge >= 0.3 is 12.3 Å². The van der Waals surface area contributed by atoms with Crippen molar-refractivity contribution in [1.82, 2.24) is 4.98 Å². The zero-order valence-electron chi connectivity index (χ0n) is 15.0. The Labute approximate surface area is 166 Å². The van der Waals surface area contributed by atoms with Crippen molar-refractivity contribution in [1.29, 1.82) is 0 Å². The second-order valence-electron chi connectivity index (χ2n) is 6.34. The summed E-state index contributed by atoms with van der Waals surface area (Å²) >= 11 is 0.892. The Morgan fingerprint density at radius 1 is 1.24 bits per heavy atom. The lowest BCUT2D eigenvalue weighted by atomic mass is 10.1. The van der Waals surface area contributed by atoms with E-state index in [0.717, 1.165) is 17.4 Å². The van der Waals surface area contributed by atoms with Crippen molar-refractivity contribution in [3.8, 4) is 0 Å². The number of hydrogen-bond acceptors (Lipinski definition) is 5. The third kappa shape index (κ3) is 3.51. The quantitative estimate of drug-likeness (QED) is 0.657. The van der Waals surface area contributed by atoms with Crippen LogP contribution in [0.25, 0.3) is 10.2 Å². The van der Waals surface area contributed by atoms with Crippen molar-refractivity contribution < 1.29 is 27.5 Å². The number of halogens is 3. The molecule has 2 amide bonds. The van der Waals surface area contributed by atoms with Crippen LogP contribution in [0.15, 0.2) is 36.4 Å². The zero-order chi connectivity index (χ0) is 20.8. The van der Waals surface area contributed by atoms with Crippen LogP contribution < -0.4 is 10.2 Å². The molecule has 10 heteroatoms. The molecule has 0 spiro atoms. The van der Waals surface area contributed by atoms with Crippen LogP contribution in [0.2, 0.25) is 0 Å². The summed E-state index contributed by atoms with van der Waals surface area (Å²) in [7, 11) is 0. The van der Waals surface area contributed by atoms with E-state index in [9.17, 15) is 22.8 Å². The van der Waals surface area contributed by atoms with Crippen LogP contribution >= 0.6 is 11.3 Å². The molecular formula is C19H14F3N3O3S. The number of carbonyl (C=O) groups excluding carboxylic acids is 2. The molecule has 0 radical (unpaired) electrons. The topological polar surface area (TPSA) is 71.5 Å². The van der Waals surface area contributed by atoms with Crippen LogP contribution in [0.1, 0.15) is 20.9 Å². The third-order valence-corrected chi connectivity index (χ3v) is 5.70. The number of ether oxygens (including phenoxy) is 1. The molecule has 1 aliphatic heterocycles. The number of nitrogens with one attached hydrogen (secondary N) is 1.